The summed E-state index contributed by atoms with van der Waals surface area (Å²) in [6, 6.07) is 5.87. The average molecular weight is 328 g/mol. The van der Waals surface area contributed by atoms with E-state index in [4.69, 9.17) is 4.42 Å². The summed E-state index contributed by atoms with van der Waals surface area (Å²) in [7, 11) is 1.97. The topological polar surface area (TPSA) is 55.9 Å². The fourth-order valence-corrected chi connectivity index (χ4v) is 3.78. The third-order valence-corrected chi connectivity index (χ3v) is 4.67. The van der Waals surface area contributed by atoms with Gasteiger partial charge in [0.1, 0.15) is 10.6 Å². The van der Waals surface area contributed by atoms with Crippen LogP contribution in [0.25, 0.3) is 20.4 Å². The van der Waals surface area contributed by atoms with Crippen LogP contribution in [0, 0.1) is 6.92 Å². The van der Waals surface area contributed by atoms with Crippen LogP contribution in [0.15, 0.2) is 35.1 Å². The Labute approximate surface area is 138 Å². The number of nitrogens with zero attached hydrogens (tertiary/aromatic N) is 3. The first-order valence-electron chi connectivity index (χ1n) is 7.71. The molecule has 0 aliphatic rings. The number of anilines is 1. The Morgan fingerprint density at radius 3 is 2.87 bits per heavy atom. The van der Waals surface area contributed by atoms with Crippen LogP contribution in [-0.2, 0) is 13.6 Å². The Hall–Kier alpha value is -2.34. The molecular formula is C17H20N4OS. The van der Waals surface area contributed by atoms with Gasteiger partial charge in [0.15, 0.2) is 5.82 Å². The SMILES string of the molecule is CC.Cc1ccnc2sc3c(NCc4ccco4)nn(C)c3c12. The molecule has 23 heavy (non-hydrogen) atoms. The van der Waals surface area contributed by atoms with E-state index in [9.17, 15) is 0 Å². The number of furan rings is 1. The maximum absolute atomic E-state index is 5.35. The van der Waals surface area contributed by atoms with Crippen molar-refractivity contribution < 1.29 is 4.42 Å². The number of rotatable bonds is 3. The Kier molecular flexibility index (Phi) is 4.34. The molecule has 0 bridgehead atoms. The molecule has 0 fully saturated rings. The number of hydrogen-bond donors (Lipinski definition) is 1. The first-order valence-corrected chi connectivity index (χ1v) is 8.53. The van der Waals surface area contributed by atoms with Gasteiger partial charge < -0.3 is 9.73 Å². The molecule has 0 aromatic carbocycles. The zero-order valence-electron chi connectivity index (χ0n) is 13.8. The van der Waals surface area contributed by atoms with Gasteiger partial charge >= 0.3 is 0 Å². The van der Waals surface area contributed by atoms with Crippen LogP contribution in [0.3, 0.4) is 0 Å². The highest BCUT2D eigenvalue weighted by Gasteiger charge is 2.17. The van der Waals surface area contributed by atoms with E-state index in [-0.39, 0.29) is 0 Å². The number of hydrogen-bond acceptors (Lipinski definition) is 5. The van der Waals surface area contributed by atoms with E-state index in [1.165, 1.54) is 10.9 Å². The third-order valence-electron chi connectivity index (χ3n) is 3.57. The van der Waals surface area contributed by atoms with E-state index in [1.807, 2.05) is 50.0 Å². The summed E-state index contributed by atoms with van der Waals surface area (Å²) in [6.07, 6.45) is 3.54. The maximum atomic E-state index is 5.35. The van der Waals surface area contributed by atoms with Gasteiger partial charge in [-0.05, 0) is 30.7 Å². The van der Waals surface area contributed by atoms with E-state index in [0.29, 0.717) is 6.54 Å². The number of aromatic nitrogens is 3. The second-order valence-electron chi connectivity index (χ2n) is 4.99. The monoisotopic (exact) mass is 328 g/mol. The molecule has 0 atom stereocenters. The number of aryl methyl sites for hydroxylation is 2. The fourth-order valence-electron chi connectivity index (χ4n) is 2.57. The van der Waals surface area contributed by atoms with Crippen molar-refractivity contribution in [3.8, 4) is 0 Å². The summed E-state index contributed by atoms with van der Waals surface area (Å²) < 4.78 is 8.41. The van der Waals surface area contributed by atoms with Crippen LogP contribution in [-0.4, -0.2) is 14.8 Å². The standard InChI is InChI=1S/C15H14N4OS.C2H6/c1-9-5-6-16-15-11(9)12-13(21-15)14(18-19(12)2)17-8-10-4-3-7-20-10;1-2/h3-7H,8H2,1-2H3,(H,17,18);1-2H3. The molecule has 0 aliphatic carbocycles. The van der Waals surface area contributed by atoms with E-state index in [2.05, 4.69) is 22.3 Å². The minimum absolute atomic E-state index is 0.625. The Morgan fingerprint density at radius 1 is 1.30 bits per heavy atom. The lowest BCUT2D eigenvalue weighted by Crippen LogP contribution is -2.00. The molecule has 4 heterocycles. The van der Waals surface area contributed by atoms with E-state index < -0.39 is 0 Å². The minimum atomic E-state index is 0.625. The molecule has 0 unspecified atom stereocenters. The van der Waals surface area contributed by atoms with Gasteiger partial charge in [-0.3, -0.25) is 4.68 Å². The van der Waals surface area contributed by atoms with Crippen molar-refractivity contribution in [3.05, 3.63) is 42.0 Å². The van der Waals surface area contributed by atoms with Gasteiger partial charge in [0, 0.05) is 18.6 Å². The van der Waals surface area contributed by atoms with Crippen molar-refractivity contribution in [2.24, 2.45) is 7.05 Å². The van der Waals surface area contributed by atoms with Crippen LogP contribution < -0.4 is 5.32 Å². The second-order valence-corrected chi connectivity index (χ2v) is 5.99. The first kappa shape index (κ1) is 15.6. The maximum Gasteiger partial charge on any atom is 0.166 e. The van der Waals surface area contributed by atoms with Crippen molar-refractivity contribution in [2.75, 3.05) is 5.32 Å². The van der Waals surface area contributed by atoms with Gasteiger partial charge in [-0.1, -0.05) is 13.8 Å². The van der Waals surface area contributed by atoms with Gasteiger partial charge in [0.05, 0.1) is 23.0 Å². The summed E-state index contributed by atoms with van der Waals surface area (Å²) in [6.45, 7) is 6.74. The van der Waals surface area contributed by atoms with E-state index in [0.717, 1.165) is 26.6 Å². The number of nitrogens with one attached hydrogen (secondary N) is 1. The summed E-state index contributed by atoms with van der Waals surface area (Å²) >= 11 is 1.67. The molecule has 4 aromatic rings. The Balaban J connectivity index is 0.000000753. The highest BCUT2D eigenvalue weighted by molar-refractivity contribution is 7.26. The molecular weight excluding hydrogens is 308 g/mol. The lowest BCUT2D eigenvalue weighted by Gasteiger charge is -1.99. The van der Waals surface area contributed by atoms with Gasteiger partial charge in [-0.15, -0.1) is 11.3 Å². The Morgan fingerprint density at radius 2 is 2.13 bits per heavy atom. The van der Waals surface area contributed by atoms with Crippen molar-refractivity contribution in [2.45, 2.75) is 27.3 Å². The molecule has 1 N–H and O–H groups in total. The minimum Gasteiger partial charge on any atom is -0.467 e. The average Bonchev–Trinajstić information content (AvgIpc) is 3.25. The van der Waals surface area contributed by atoms with Crippen molar-refractivity contribution in [1.29, 1.82) is 0 Å². The molecule has 0 saturated carbocycles. The molecule has 6 heteroatoms. The van der Waals surface area contributed by atoms with Crippen LogP contribution >= 0.6 is 11.3 Å². The van der Waals surface area contributed by atoms with Gasteiger partial charge in [0.25, 0.3) is 0 Å². The summed E-state index contributed by atoms with van der Waals surface area (Å²) in [5.41, 5.74) is 2.37. The van der Waals surface area contributed by atoms with Crippen LogP contribution in [0.4, 0.5) is 5.82 Å². The number of fused-ring (bicyclic) bond motifs is 3. The van der Waals surface area contributed by atoms with Crippen LogP contribution in [0.2, 0.25) is 0 Å². The predicted molar refractivity (Wildman–Crippen MR) is 96.0 cm³/mol. The van der Waals surface area contributed by atoms with Gasteiger partial charge in [-0.25, -0.2) is 4.98 Å². The highest BCUT2D eigenvalue weighted by atomic mass is 32.1. The largest absolute Gasteiger partial charge is 0.467 e. The quantitative estimate of drug-likeness (QED) is 0.591. The lowest BCUT2D eigenvalue weighted by atomic mass is 10.2. The molecule has 0 amide bonds. The molecule has 0 saturated heterocycles. The van der Waals surface area contributed by atoms with Crippen molar-refractivity contribution in [3.63, 3.8) is 0 Å². The Bertz CT molecular complexity index is 921. The fraction of sp³-hybridized carbons (Fsp3) is 0.294. The van der Waals surface area contributed by atoms with Crippen LogP contribution in [0.5, 0.6) is 0 Å². The molecule has 0 aliphatic heterocycles. The van der Waals surface area contributed by atoms with Gasteiger partial charge in [-0.2, -0.15) is 5.10 Å². The molecule has 4 aromatic heterocycles. The number of pyridine rings is 1. The zero-order chi connectivity index (χ0) is 16.4. The highest BCUT2D eigenvalue weighted by Crippen LogP contribution is 2.38. The van der Waals surface area contributed by atoms with Gasteiger partial charge in [0.2, 0.25) is 0 Å². The molecule has 0 radical (unpaired) electrons. The van der Waals surface area contributed by atoms with Crippen LogP contribution in [0.1, 0.15) is 25.2 Å². The third kappa shape index (κ3) is 2.70. The first-order chi connectivity index (χ1) is 11.2. The molecule has 0 spiro atoms. The summed E-state index contributed by atoms with van der Waals surface area (Å²) in [5, 5.41) is 9.13. The predicted octanol–water partition coefficient (Wildman–Crippen LogP) is 4.72. The molecule has 120 valence electrons. The van der Waals surface area contributed by atoms with Crippen molar-refractivity contribution in [1.82, 2.24) is 14.8 Å². The van der Waals surface area contributed by atoms with E-state index in [1.54, 1.807) is 17.6 Å². The number of thiophene rings is 1. The summed E-state index contributed by atoms with van der Waals surface area (Å²) in [5.74, 6) is 1.77. The van der Waals surface area contributed by atoms with Crippen molar-refractivity contribution >= 4 is 37.6 Å². The summed E-state index contributed by atoms with van der Waals surface area (Å²) in [4.78, 5) is 5.53. The normalized spacial score (nSPS) is 10.8. The van der Waals surface area contributed by atoms with E-state index >= 15 is 0 Å². The lowest BCUT2D eigenvalue weighted by molar-refractivity contribution is 0.517. The smallest absolute Gasteiger partial charge is 0.166 e. The molecule has 4 rings (SSSR count). The zero-order valence-corrected chi connectivity index (χ0v) is 14.6. The second kappa shape index (κ2) is 6.42. The molecule has 5 nitrogen and oxygen atoms in total.